The van der Waals surface area contributed by atoms with Gasteiger partial charge in [-0.15, -0.1) is 11.3 Å². The lowest BCUT2D eigenvalue weighted by molar-refractivity contribution is 0.112. The number of nitrogens with zero attached hydrogens (tertiary/aromatic N) is 3. The molecular formula is C19H17N3O4S. The molecule has 0 atom stereocenters. The number of rotatable bonds is 4. The molecule has 1 amide bonds. The molecule has 0 aliphatic carbocycles. The summed E-state index contributed by atoms with van der Waals surface area (Å²) in [5.74, 6) is 0.790. The highest BCUT2D eigenvalue weighted by Gasteiger charge is 2.26. The van der Waals surface area contributed by atoms with Crippen LogP contribution in [0.4, 0.5) is 4.79 Å². The van der Waals surface area contributed by atoms with Crippen molar-refractivity contribution in [1.82, 2.24) is 15.0 Å². The summed E-state index contributed by atoms with van der Waals surface area (Å²) in [4.78, 5) is 28.4. The average molecular weight is 383 g/mol. The molecule has 1 aromatic carbocycles. The third-order valence-corrected chi connectivity index (χ3v) is 5.77. The van der Waals surface area contributed by atoms with Gasteiger partial charge in [-0.1, -0.05) is 29.4 Å². The van der Waals surface area contributed by atoms with E-state index in [2.05, 4.69) is 10.1 Å². The van der Waals surface area contributed by atoms with Crippen LogP contribution in [-0.2, 0) is 0 Å². The van der Waals surface area contributed by atoms with Crippen LogP contribution in [0.3, 0.4) is 0 Å². The molecule has 1 N–H and O–H groups in total. The number of hydrogen-bond donors (Lipinski definition) is 1. The van der Waals surface area contributed by atoms with E-state index in [9.17, 15) is 9.59 Å². The van der Waals surface area contributed by atoms with Crippen LogP contribution in [0.1, 0.15) is 34.1 Å². The molecule has 7 nitrogen and oxygen atoms in total. The van der Waals surface area contributed by atoms with Crippen LogP contribution in [0.25, 0.3) is 22.7 Å². The second-order valence-corrected chi connectivity index (χ2v) is 7.29. The Labute approximate surface area is 159 Å². The van der Waals surface area contributed by atoms with Crippen molar-refractivity contribution >= 4 is 23.7 Å². The Morgan fingerprint density at radius 2 is 2.04 bits per heavy atom. The number of aromatic nitrogens is 2. The van der Waals surface area contributed by atoms with Crippen LogP contribution in [0.15, 0.2) is 40.2 Å². The maximum absolute atomic E-state index is 11.2. The van der Waals surface area contributed by atoms with Crippen molar-refractivity contribution in [3.05, 3.63) is 46.3 Å². The Kier molecular flexibility index (Phi) is 4.72. The van der Waals surface area contributed by atoms with Crippen molar-refractivity contribution in [2.45, 2.75) is 18.8 Å². The molecule has 3 heterocycles. The molecule has 1 fully saturated rings. The van der Waals surface area contributed by atoms with E-state index in [0.29, 0.717) is 35.7 Å². The zero-order chi connectivity index (χ0) is 18.8. The van der Waals surface area contributed by atoms with Crippen molar-refractivity contribution in [2.75, 3.05) is 13.1 Å². The first-order valence-electron chi connectivity index (χ1n) is 8.60. The van der Waals surface area contributed by atoms with E-state index < -0.39 is 6.09 Å². The number of benzene rings is 1. The Hall–Kier alpha value is -3.00. The maximum Gasteiger partial charge on any atom is 0.407 e. The van der Waals surface area contributed by atoms with E-state index >= 15 is 0 Å². The molecule has 0 radical (unpaired) electrons. The number of hydrogen-bond acceptors (Lipinski definition) is 6. The Bertz CT molecular complexity index is 973. The number of carbonyl (C=O) groups excluding carboxylic acids is 1. The number of thiazole rings is 1. The number of amides is 1. The van der Waals surface area contributed by atoms with Crippen LogP contribution >= 0.6 is 11.3 Å². The van der Waals surface area contributed by atoms with Gasteiger partial charge in [0.1, 0.15) is 11.4 Å². The molecule has 0 saturated carbocycles. The Morgan fingerprint density at radius 3 is 2.78 bits per heavy atom. The number of aldehydes is 1. The predicted molar refractivity (Wildman–Crippen MR) is 100 cm³/mol. The lowest BCUT2D eigenvalue weighted by Gasteiger charge is -2.28. The van der Waals surface area contributed by atoms with Gasteiger partial charge in [-0.3, -0.25) is 4.79 Å². The molecule has 2 aromatic heterocycles. The van der Waals surface area contributed by atoms with Gasteiger partial charge >= 0.3 is 6.09 Å². The van der Waals surface area contributed by atoms with Crippen molar-refractivity contribution < 1.29 is 19.2 Å². The minimum atomic E-state index is -0.862. The Balaban J connectivity index is 1.52. The molecule has 0 bridgehead atoms. The molecule has 3 aromatic rings. The van der Waals surface area contributed by atoms with Gasteiger partial charge in [0.15, 0.2) is 12.0 Å². The monoisotopic (exact) mass is 383 g/mol. The molecule has 1 aliphatic rings. The maximum atomic E-state index is 11.2. The van der Waals surface area contributed by atoms with Crippen molar-refractivity contribution in [3.63, 3.8) is 0 Å². The molecular weight excluding hydrogens is 366 g/mol. The third kappa shape index (κ3) is 3.48. The summed E-state index contributed by atoms with van der Waals surface area (Å²) in [6, 6.07) is 8.97. The van der Waals surface area contributed by atoms with Gasteiger partial charge < -0.3 is 14.5 Å². The van der Waals surface area contributed by atoms with Gasteiger partial charge in [0.25, 0.3) is 0 Å². The van der Waals surface area contributed by atoms with Gasteiger partial charge in [-0.25, -0.2) is 9.78 Å². The average Bonchev–Trinajstić information content (AvgIpc) is 3.37. The lowest BCUT2D eigenvalue weighted by atomic mass is 9.98. The van der Waals surface area contributed by atoms with Crippen molar-refractivity contribution in [1.29, 1.82) is 0 Å². The molecule has 1 saturated heterocycles. The fourth-order valence-electron chi connectivity index (χ4n) is 3.26. The van der Waals surface area contributed by atoms with E-state index in [1.165, 1.54) is 4.90 Å². The Morgan fingerprint density at radius 1 is 1.26 bits per heavy atom. The first kappa shape index (κ1) is 17.4. The van der Waals surface area contributed by atoms with E-state index in [1.54, 1.807) is 29.5 Å². The highest BCUT2D eigenvalue weighted by atomic mass is 32.1. The van der Waals surface area contributed by atoms with Gasteiger partial charge in [0.2, 0.25) is 0 Å². The van der Waals surface area contributed by atoms with Gasteiger partial charge in [0.05, 0.1) is 5.01 Å². The number of carboxylic acid groups (broad SMARTS) is 1. The van der Waals surface area contributed by atoms with Crippen molar-refractivity contribution in [3.8, 4) is 22.7 Å². The first-order chi connectivity index (χ1) is 13.2. The van der Waals surface area contributed by atoms with Crippen LogP contribution in [0, 0.1) is 0 Å². The molecule has 0 unspecified atom stereocenters. The smallest absolute Gasteiger partial charge is 0.407 e. The molecule has 0 spiro atoms. The van der Waals surface area contributed by atoms with Gasteiger partial charge in [-0.2, -0.15) is 0 Å². The summed E-state index contributed by atoms with van der Waals surface area (Å²) in [7, 11) is 0. The van der Waals surface area contributed by atoms with Crippen LogP contribution in [0.5, 0.6) is 0 Å². The zero-order valence-electron chi connectivity index (χ0n) is 14.4. The number of piperidine rings is 1. The van der Waals surface area contributed by atoms with E-state index in [-0.39, 0.29) is 5.92 Å². The second-order valence-electron chi connectivity index (χ2n) is 6.40. The quantitative estimate of drug-likeness (QED) is 0.680. The summed E-state index contributed by atoms with van der Waals surface area (Å²) in [6.45, 7) is 1.07. The predicted octanol–water partition coefficient (Wildman–Crippen LogP) is 4.14. The van der Waals surface area contributed by atoms with E-state index in [1.807, 2.05) is 17.5 Å². The zero-order valence-corrected chi connectivity index (χ0v) is 15.2. The second kappa shape index (κ2) is 7.32. The fourth-order valence-corrected chi connectivity index (χ4v) is 4.24. The minimum absolute atomic E-state index is 0.265. The topological polar surface area (TPSA) is 96.5 Å². The normalized spacial score (nSPS) is 15.0. The minimum Gasteiger partial charge on any atom is -0.465 e. The summed E-state index contributed by atoms with van der Waals surface area (Å²) in [5.41, 5.74) is 2.59. The summed E-state index contributed by atoms with van der Waals surface area (Å²) < 4.78 is 5.43. The summed E-state index contributed by atoms with van der Waals surface area (Å²) in [6.07, 6.45) is 1.48. The van der Waals surface area contributed by atoms with Gasteiger partial charge in [0, 0.05) is 41.6 Å². The molecule has 4 rings (SSSR count). The standard InChI is InChI=1S/C19H17N3O4S/c23-10-13-3-1-2-4-14(13)17-9-15(21-26-17)16-11-27-18(20-16)12-5-7-22(8-6-12)19(24)25/h1-4,9-12H,5-8H2,(H,24,25). The molecule has 138 valence electrons. The lowest BCUT2D eigenvalue weighted by Crippen LogP contribution is -2.36. The SMILES string of the molecule is O=Cc1ccccc1-c1cc(-c2csc(C3CCN(C(=O)O)CC3)n2)no1. The molecule has 1 aliphatic heterocycles. The number of likely N-dealkylation sites (tertiary alicyclic amines) is 1. The van der Waals surface area contributed by atoms with Crippen LogP contribution in [0.2, 0.25) is 0 Å². The molecule has 27 heavy (non-hydrogen) atoms. The largest absolute Gasteiger partial charge is 0.465 e. The van der Waals surface area contributed by atoms with E-state index in [4.69, 9.17) is 9.63 Å². The highest BCUT2D eigenvalue weighted by molar-refractivity contribution is 7.10. The highest BCUT2D eigenvalue weighted by Crippen LogP contribution is 2.34. The summed E-state index contributed by atoms with van der Waals surface area (Å²) in [5, 5.41) is 16.1. The molecule has 8 heteroatoms. The number of carbonyl (C=O) groups is 2. The van der Waals surface area contributed by atoms with Crippen molar-refractivity contribution in [2.24, 2.45) is 0 Å². The summed E-state index contributed by atoms with van der Waals surface area (Å²) >= 11 is 1.56. The first-order valence-corrected chi connectivity index (χ1v) is 9.48. The van der Waals surface area contributed by atoms with Crippen LogP contribution < -0.4 is 0 Å². The van der Waals surface area contributed by atoms with E-state index in [0.717, 1.165) is 29.8 Å². The van der Waals surface area contributed by atoms with Gasteiger partial charge in [-0.05, 0) is 12.8 Å². The third-order valence-electron chi connectivity index (χ3n) is 4.76. The fraction of sp³-hybridized carbons (Fsp3) is 0.263. The van der Waals surface area contributed by atoms with Crippen LogP contribution in [-0.4, -0.2) is 45.6 Å².